The third-order valence-electron chi connectivity index (χ3n) is 3.58. The van der Waals surface area contributed by atoms with Gasteiger partial charge in [0.2, 0.25) is 15.9 Å². The van der Waals surface area contributed by atoms with Crippen molar-refractivity contribution in [3.63, 3.8) is 0 Å². The molecule has 0 aliphatic rings. The quantitative estimate of drug-likeness (QED) is 0.532. The molecule has 0 aliphatic carbocycles. The van der Waals surface area contributed by atoms with Crippen molar-refractivity contribution in [1.82, 2.24) is 4.31 Å². The molecule has 0 aliphatic heterocycles. The lowest BCUT2D eigenvalue weighted by Gasteiger charge is -2.20. The Hall–Kier alpha value is -2.20. The molecule has 27 heavy (non-hydrogen) atoms. The van der Waals surface area contributed by atoms with Crippen LogP contribution in [0.15, 0.2) is 47.4 Å². The van der Waals surface area contributed by atoms with Crippen LogP contribution >= 0.6 is 23.2 Å². The van der Waals surface area contributed by atoms with Crippen molar-refractivity contribution in [3.05, 3.63) is 62.6 Å². The number of sulfonamides is 1. The highest BCUT2D eigenvalue weighted by atomic mass is 35.5. The Morgan fingerprint density at radius 3 is 2.30 bits per heavy atom. The zero-order valence-electron chi connectivity index (χ0n) is 14.1. The topological polar surface area (TPSA) is 110 Å². The number of benzene rings is 2. The maximum Gasteiger partial charge on any atom is 0.289 e. The highest BCUT2D eigenvalue weighted by Crippen LogP contribution is 2.30. The molecule has 8 nitrogen and oxygen atoms in total. The van der Waals surface area contributed by atoms with Gasteiger partial charge in [-0.3, -0.25) is 14.9 Å². The van der Waals surface area contributed by atoms with Crippen molar-refractivity contribution in [2.75, 3.05) is 18.4 Å². The van der Waals surface area contributed by atoms with Crippen LogP contribution in [0.4, 0.5) is 11.4 Å². The molecule has 2 aromatic rings. The summed E-state index contributed by atoms with van der Waals surface area (Å²) < 4.78 is 26.4. The van der Waals surface area contributed by atoms with E-state index in [1.807, 2.05) is 0 Å². The van der Waals surface area contributed by atoms with E-state index in [0.29, 0.717) is 0 Å². The standard InChI is InChI=1S/C16H15Cl2N3O5S/c1-2-20(10-15(22)19-16-11(17)6-5-7-12(16)18)27(25,26)14-9-4-3-8-13(14)21(23)24/h3-9H,2,10H2,1H3,(H,19,22). The first-order chi connectivity index (χ1) is 12.7. The summed E-state index contributed by atoms with van der Waals surface area (Å²) in [7, 11) is -4.27. The van der Waals surface area contributed by atoms with Crippen molar-refractivity contribution in [3.8, 4) is 0 Å². The number of nitrogens with one attached hydrogen (secondary N) is 1. The molecule has 144 valence electrons. The molecular formula is C16H15Cl2N3O5S. The summed E-state index contributed by atoms with van der Waals surface area (Å²) >= 11 is 12.0. The van der Waals surface area contributed by atoms with Gasteiger partial charge in [-0.2, -0.15) is 4.31 Å². The van der Waals surface area contributed by atoms with E-state index in [0.717, 1.165) is 16.4 Å². The Morgan fingerprint density at radius 1 is 1.15 bits per heavy atom. The Labute approximate surface area is 165 Å². The molecule has 11 heteroatoms. The molecule has 0 unspecified atom stereocenters. The first-order valence-electron chi connectivity index (χ1n) is 7.66. The largest absolute Gasteiger partial charge is 0.322 e. The van der Waals surface area contributed by atoms with Gasteiger partial charge in [-0.05, 0) is 18.2 Å². The van der Waals surface area contributed by atoms with E-state index in [9.17, 15) is 23.3 Å². The van der Waals surface area contributed by atoms with Crippen molar-refractivity contribution in [1.29, 1.82) is 0 Å². The minimum atomic E-state index is -4.27. The smallest absolute Gasteiger partial charge is 0.289 e. The molecule has 2 aromatic carbocycles. The highest BCUT2D eigenvalue weighted by molar-refractivity contribution is 7.89. The maximum absolute atomic E-state index is 12.8. The Kier molecular flexibility index (Phi) is 6.77. The fourth-order valence-electron chi connectivity index (χ4n) is 2.29. The number of likely N-dealkylation sites (N-methyl/N-ethyl adjacent to an activating group) is 1. The second-order valence-electron chi connectivity index (χ2n) is 5.30. The van der Waals surface area contributed by atoms with Gasteiger partial charge in [-0.15, -0.1) is 0 Å². The van der Waals surface area contributed by atoms with E-state index in [1.54, 1.807) is 6.07 Å². The molecule has 0 spiro atoms. The van der Waals surface area contributed by atoms with E-state index < -0.39 is 38.0 Å². The fourth-order valence-corrected chi connectivity index (χ4v) is 4.34. The monoisotopic (exact) mass is 431 g/mol. The van der Waals surface area contributed by atoms with Gasteiger partial charge in [0.05, 0.1) is 27.2 Å². The molecule has 1 amide bonds. The van der Waals surface area contributed by atoms with Crippen LogP contribution in [-0.2, 0) is 14.8 Å². The minimum absolute atomic E-state index is 0.0714. The second kappa shape index (κ2) is 8.66. The summed E-state index contributed by atoms with van der Waals surface area (Å²) in [5, 5.41) is 14.0. The Bertz CT molecular complexity index is 962. The molecule has 0 heterocycles. The average molecular weight is 432 g/mol. The average Bonchev–Trinajstić information content (AvgIpc) is 2.62. The van der Waals surface area contributed by atoms with Gasteiger partial charge >= 0.3 is 0 Å². The van der Waals surface area contributed by atoms with Crippen LogP contribution in [0.2, 0.25) is 10.0 Å². The predicted molar refractivity (Wildman–Crippen MR) is 103 cm³/mol. The SMILES string of the molecule is CCN(CC(=O)Nc1c(Cl)cccc1Cl)S(=O)(=O)c1ccccc1[N+](=O)[O-]. The van der Waals surface area contributed by atoms with Crippen LogP contribution < -0.4 is 5.32 Å². The van der Waals surface area contributed by atoms with Crippen molar-refractivity contribution < 1.29 is 18.1 Å². The van der Waals surface area contributed by atoms with Gasteiger partial charge in [0, 0.05) is 12.6 Å². The van der Waals surface area contributed by atoms with E-state index in [4.69, 9.17) is 23.2 Å². The molecule has 0 radical (unpaired) electrons. The van der Waals surface area contributed by atoms with Crippen molar-refractivity contribution in [2.45, 2.75) is 11.8 Å². The lowest BCUT2D eigenvalue weighted by molar-refractivity contribution is -0.387. The van der Waals surface area contributed by atoms with E-state index in [-0.39, 0.29) is 22.3 Å². The number of hydrogen-bond donors (Lipinski definition) is 1. The number of rotatable bonds is 7. The van der Waals surface area contributed by atoms with Crippen LogP contribution in [0.1, 0.15) is 6.92 Å². The third kappa shape index (κ3) is 4.75. The molecule has 1 N–H and O–H groups in total. The first-order valence-corrected chi connectivity index (χ1v) is 9.85. The van der Waals surface area contributed by atoms with Crippen LogP contribution in [0.3, 0.4) is 0 Å². The predicted octanol–water partition coefficient (Wildman–Crippen LogP) is 3.55. The highest BCUT2D eigenvalue weighted by Gasteiger charge is 2.31. The van der Waals surface area contributed by atoms with Gasteiger partial charge in [0.1, 0.15) is 0 Å². The molecule has 0 fully saturated rings. The van der Waals surface area contributed by atoms with Crippen LogP contribution in [0.5, 0.6) is 0 Å². The van der Waals surface area contributed by atoms with Crippen LogP contribution in [0, 0.1) is 10.1 Å². The number of para-hydroxylation sites is 2. The summed E-state index contributed by atoms with van der Waals surface area (Å²) in [4.78, 5) is 22.2. The van der Waals surface area contributed by atoms with E-state index in [2.05, 4.69) is 5.32 Å². The maximum atomic E-state index is 12.8. The number of anilines is 1. The zero-order valence-corrected chi connectivity index (χ0v) is 16.4. The summed E-state index contributed by atoms with van der Waals surface area (Å²) in [6, 6.07) is 9.58. The van der Waals surface area contributed by atoms with Gasteiger partial charge < -0.3 is 5.32 Å². The summed E-state index contributed by atoms with van der Waals surface area (Å²) in [5.74, 6) is -0.686. The van der Waals surface area contributed by atoms with Gasteiger partial charge in [0.15, 0.2) is 4.90 Å². The number of hydrogen-bond acceptors (Lipinski definition) is 5. The van der Waals surface area contributed by atoms with Gasteiger partial charge in [0.25, 0.3) is 5.69 Å². The van der Waals surface area contributed by atoms with E-state index >= 15 is 0 Å². The lowest BCUT2D eigenvalue weighted by Crippen LogP contribution is -2.38. The minimum Gasteiger partial charge on any atom is -0.322 e. The third-order valence-corrected chi connectivity index (χ3v) is 6.18. The molecule has 0 bridgehead atoms. The molecule has 0 atom stereocenters. The molecule has 0 saturated carbocycles. The summed E-state index contributed by atoms with van der Waals surface area (Å²) in [6.07, 6.45) is 0. The van der Waals surface area contributed by atoms with E-state index in [1.165, 1.54) is 31.2 Å². The normalized spacial score (nSPS) is 11.4. The summed E-state index contributed by atoms with van der Waals surface area (Å²) in [5.41, 5.74) is -0.407. The molecular weight excluding hydrogens is 417 g/mol. The summed E-state index contributed by atoms with van der Waals surface area (Å²) in [6.45, 7) is 0.882. The second-order valence-corrected chi connectivity index (χ2v) is 8.02. The Morgan fingerprint density at radius 2 is 1.74 bits per heavy atom. The molecule has 2 rings (SSSR count). The number of carbonyl (C=O) groups excluding carboxylic acids is 1. The number of nitro benzene ring substituents is 1. The number of nitrogens with zero attached hydrogens (tertiary/aromatic N) is 2. The molecule has 0 aromatic heterocycles. The van der Waals surface area contributed by atoms with Gasteiger partial charge in [-0.1, -0.05) is 48.3 Å². The van der Waals surface area contributed by atoms with Crippen LogP contribution in [0.25, 0.3) is 0 Å². The fraction of sp³-hybridized carbons (Fsp3) is 0.188. The molecule has 0 saturated heterocycles. The number of nitro groups is 1. The number of amides is 1. The lowest BCUT2D eigenvalue weighted by atomic mass is 10.3. The first kappa shape index (κ1) is 21.1. The zero-order chi connectivity index (χ0) is 20.2. The van der Waals surface area contributed by atoms with Crippen molar-refractivity contribution in [2.24, 2.45) is 0 Å². The number of carbonyl (C=O) groups is 1. The number of halogens is 2. The van der Waals surface area contributed by atoms with Crippen molar-refractivity contribution >= 4 is 50.5 Å². The van der Waals surface area contributed by atoms with Gasteiger partial charge in [-0.25, -0.2) is 8.42 Å². The Balaban J connectivity index is 2.29. The van der Waals surface area contributed by atoms with Crippen LogP contribution in [-0.4, -0.2) is 36.6 Å².